The fraction of sp³-hybridized carbons (Fsp3) is 0.273. The third-order valence-electron chi connectivity index (χ3n) is 5.10. The molecule has 0 spiro atoms. The van der Waals surface area contributed by atoms with E-state index in [4.69, 9.17) is 9.47 Å². The molecule has 0 bridgehead atoms. The van der Waals surface area contributed by atoms with Crippen LogP contribution in [-0.2, 0) is 9.59 Å². The van der Waals surface area contributed by atoms with Crippen LogP contribution in [0.4, 0.5) is 5.69 Å². The molecule has 1 atom stereocenters. The predicted octanol–water partition coefficient (Wildman–Crippen LogP) is 2.97. The molecule has 2 aliphatic heterocycles. The lowest BCUT2D eigenvalue weighted by atomic mass is 10.1. The molecule has 0 radical (unpaired) electrons. The van der Waals surface area contributed by atoms with Crippen molar-refractivity contribution in [1.29, 1.82) is 0 Å². The van der Waals surface area contributed by atoms with Gasteiger partial charge >= 0.3 is 0 Å². The number of nitrogens with zero attached hydrogens (tertiary/aromatic N) is 1. The highest BCUT2D eigenvalue weighted by atomic mass is 16.7. The van der Waals surface area contributed by atoms with Crippen LogP contribution in [0.15, 0.2) is 42.5 Å². The number of hydrogen-bond acceptors (Lipinski definition) is 4. The molecule has 0 aliphatic carbocycles. The van der Waals surface area contributed by atoms with Crippen molar-refractivity contribution in [2.45, 2.75) is 26.3 Å². The van der Waals surface area contributed by atoms with E-state index < -0.39 is 0 Å². The highest BCUT2D eigenvalue weighted by Gasteiger charge is 2.31. The number of hydrogen-bond donors (Lipinski definition) is 1. The maximum atomic E-state index is 12.4. The van der Waals surface area contributed by atoms with E-state index in [1.807, 2.05) is 50.2 Å². The maximum absolute atomic E-state index is 12.4. The Hall–Kier alpha value is -3.28. The lowest BCUT2D eigenvalue weighted by Crippen LogP contribution is -2.36. The molecule has 1 fully saturated rings. The lowest BCUT2D eigenvalue weighted by molar-refractivity contribution is -0.117. The monoisotopic (exact) mass is 378 g/mol. The maximum Gasteiger partial charge on any atom is 0.244 e. The average molecular weight is 378 g/mol. The Kier molecular flexibility index (Phi) is 4.77. The van der Waals surface area contributed by atoms with Crippen molar-refractivity contribution in [2.75, 3.05) is 18.2 Å². The third-order valence-corrected chi connectivity index (χ3v) is 5.10. The van der Waals surface area contributed by atoms with Gasteiger partial charge in [0.1, 0.15) is 0 Å². The average Bonchev–Trinajstić information content (AvgIpc) is 3.28. The van der Waals surface area contributed by atoms with E-state index in [0.717, 1.165) is 16.8 Å². The summed E-state index contributed by atoms with van der Waals surface area (Å²) in [6, 6.07) is 11.3. The van der Waals surface area contributed by atoms with Crippen LogP contribution in [-0.4, -0.2) is 31.2 Å². The first-order chi connectivity index (χ1) is 13.5. The fourth-order valence-electron chi connectivity index (χ4n) is 3.39. The number of nitrogens with one attached hydrogen (secondary N) is 1. The summed E-state index contributed by atoms with van der Waals surface area (Å²) < 4.78 is 10.6. The van der Waals surface area contributed by atoms with Crippen LogP contribution in [0.25, 0.3) is 6.08 Å². The van der Waals surface area contributed by atoms with Gasteiger partial charge in [-0.05, 0) is 60.9 Å². The normalized spacial score (nSPS) is 18.1. The fourth-order valence-corrected chi connectivity index (χ4v) is 3.39. The van der Waals surface area contributed by atoms with Crippen molar-refractivity contribution >= 4 is 23.6 Å². The van der Waals surface area contributed by atoms with Gasteiger partial charge < -0.3 is 19.7 Å². The first-order valence-corrected chi connectivity index (χ1v) is 9.25. The van der Waals surface area contributed by atoms with Crippen molar-refractivity contribution < 1.29 is 19.1 Å². The summed E-state index contributed by atoms with van der Waals surface area (Å²) in [5, 5.41) is 2.91. The first kappa shape index (κ1) is 18.1. The number of carbonyl (C=O) groups is 2. The Balaban J connectivity index is 1.37. The zero-order chi connectivity index (χ0) is 19.7. The van der Waals surface area contributed by atoms with E-state index in [2.05, 4.69) is 5.32 Å². The molecule has 2 amide bonds. The molecule has 2 aromatic carbocycles. The van der Waals surface area contributed by atoms with Gasteiger partial charge in [0.15, 0.2) is 11.5 Å². The summed E-state index contributed by atoms with van der Waals surface area (Å²) >= 11 is 0. The predicted molar refractivity (Wildman–Crippen MR) is 106 cm³/mol. The largest absolute Gasteiger partial charge is 0.454 e. The molecular formula is C22H22N2O4. The summed E-state index contributed by atoms with van der Waals surface area (Å²) in [5.41, 5.74) is 4.05. The van der Waals surface area contributed by atoms with Crippen LogP contribution in [0.3, 0.4) is 0 Å². The standard InChI is InChI=1S/C22H22N2O4/c1-14-3-6-18(9-15(14)2)24-12-17(11-22(24)26)23-21(25)8-5-16-4-7-19-20(10-16)28-13-27-19/h3-10,17H,11-13H2,1-2H3,(H,23,25)/b8-5-/t17-/m0/s1. The second-order valence-corrected chi connectivity index (χ2v) is 7.13. The quantitative estimate of drug-likeness (QED) is 0.831. The zero-order valence-corrected chi connectivity index (χ0v) is 15.9. The number of fused-ring (bicyclic) bond motifs is 1. The van der Waals surface area contributed by atoms with Gasteiger partial charge in [-0.1, -0.05) is 12.1 Å². The van der Waals surface area contributed by atoms with Gasteiger partial charge in [-0.15, -0.1) is 0 Å². The molecule has 1 N–H and O–H groups in total. The van der Waals surface area contributed by atoms with Gasteiger partial charge in [-0.3, -0.25) is 9.59 Å². The molecule has 0 unspecified atom stereocenters. The molecule has 1 saturated heterocycles. The summed E-state index contributed by atoms with van der Waals surface area (Å²) in [6.07, 6.45) is 3.49. The molecule has 0 saturated carbocycles. The topological polar surface area (TPSA) is 67.9 Å². The molecule has 2 aromatic rings. The number of aryl methyl sites for hydroxylation is 2. The van der Waals surface area contributed by atoms with Crippen LogP contribution < -0.4 is 19.7 Å². The highest BCUT2D eigenvalue weighted by Crippen LogP contribution is 2.32. The molecule has 4 rings (SSSR count). The van der Waals surface area contributed by atoms with Gasteiger partial charge in [0.05, 0.1) is 6.04 Å². The summed E-state index contributed by atoms with van der Waals surface area (Å²) in [6.45, 7) is 4.76. The minimum atomic E-state index is -0.225. The second-order valence-electron chi connectivity index (χ2n) is 7.13. The van der Waals surface area contributed by atoms with E-state index in [-0.39, 0.29) is 24.6 Å². The van der Waals surface area contributed by atoms with Crippen molar-refractivity contribution in [2.24, 2.45) is 0 Å². The number of rotatable bonds is 4. The van der Waals surface area contributed by atoms with Crippen LogP contribution in [0.5, 0.6) is 11.5 Å². The smallest absolute Gasteiger partial charge is 0.244 e. The Morgan fingerprint density at radius 2 is 1.93 bits per heavy atom. The SMILES string of the molecule is Cc1ccc(N2C[C@@H](NC(=O)/C=C\c3ccc4c(c3)OCO4)CC2=O)cc1C. The van der Waals surface area contributed by atoms with Crippen molar-refractivity contribution in [3.05, 3.63) is 59.2 Å². The third kappa shape index (κ3) is 3.71. The van der Waals surface area contributed by atoms with Crippen LogP contribution in [0.1, 0.15) is 23.1 Å². The van der Waals surface area contributed by atoms with Crippen molar-refractivity contribution in [1.82, 2.24) is 5.32 Å². The Morgan fingerprint density at radius 3 is 2.75 bits per heavy atom. The molecule has 6 heteroatoms. The molecule has 2 aliphatic rings. The Bertz CT molecular complexity index is 967. The van der Waals surface area contributed by atoms with E-state index in [0.29, 0.717) is 24.5 Å². The van der Waals surface area contributed by atoms with Gasteiger partial charge in [0.25, 0.3) is 0 Å². The summed E-state index contributed by atoms with van der Waals surface area (Å²) in [5.74, 6) is 1.18. The van der Waals surface area contributed by atoms with E-state index in [1.54, 1.807) is 11.0 Å². The van der Waals surface area contributed by atoms with E-state index in [1.165, 1.54) is 11.6 Å². The summed E-state index contributed by atoms with van der Waals surface area (Å²) in [4.78, 5) is 26.4. The molecular weight excluding hydrogens is 356 g/mol. The molecule has 0 aromatic heterocycles. The van der Waals surface area contributed by atoms with E-state index >= 15 is 0 Å². The van der Waals surface area contributed by atoms with Gasteiger partial charge in [-0.2, -0.15) is 0 Å². The van der Waals surface area contributed by atoms with Gasteiger partial charge in [0.2, 0.25) is 18.6 Å². The van der Waals surface area contributed by atoms with Gasteiger partial charge in [-0.25, -0.2) is 0 Å². The molecule has 28 heavy (non-hydrogen) atoms. The van der Waals surface area contributed by atoms with E-state index in [9.17, 15) is 9.59 Å². The minimum absolute atomic E-state index is 0.0216. The highest BCUT2D eigenvalue weighted by molar-refractivity contribution is 5.98. The number of anilines is 1. The number of carbonyl (C=O) groups excluding carboxylic acids is 2. The Labute approximate surface area is 163 Å². The molecule has 2 heterocycles. The number of benzene rings is 2. The second kappa shape index (κ2) is 7.38. The molecule has 144 valence electrons. The minimum Gasteiger partial charge on any atom is -0.454 e. The van der Waals surface area contributed by atoms with Crippen molar-refractivity contribution in [3.8, 4) is 11.5 Å². The van der Waals surface area contributed by atoms with Crippen molar-refractivity contribution in [3.63, 3.8) is 0 Å². The van der Waals surface area contributed by atoms with Gasteiger partial charge in [0, 0.05) is 24.7 Å². The van der Waals surface area contributed by atoms with Crippen LogP contribution in [0, 0.1) is 13.8 Å². The first-order valence-electron chi connectivity index (χ1n) is 9.25. The molecule has 6 nitrogen and oxygen atoms in total. The lowest BCUT2D eigenvalue weighted by Gasteiger charge is -2.18. The zero-order valence-electron chi connectivity index (χ0n) is 15.9. The Morgan fingerprint density at radius 1 is 1.11 bits per heavy atom. The number of ether oxygens (including phenoxy) is 2. The summed E-state index contributed by atoms with van der Waals surface area (Å²) in [7, 11) is 0. The van der Waals surface area contributed by atoms with Crippen LogP contribution >= 0.6 is 0 Å². The van der Waals surface area contributed by atoms with Crippen LogP contribution in [0.2, 0.25) is 0 Å². The number of amides is 2.